The first-order valence-electron chi connectivity index (χ1n) is 4.52. The molecule has 0 saturated carbocycles. The monoisotopic (exact) mass is 225 g/mol. The van der Waals surface area contributed by atoms with Gasteiger partial charge in [-0.1, -0.05) is 0 Å². The lowest BCUT2D eigenvalue weighted by atomic mass is 10.1. The molecule has 0 aromatic heterocycles. The third kappa shape index (κ3) is 3.11. The van der Waals surface area contributed by atoms with Crippen LogP contribution in [-0.2, 0) is 10.0 Å². The topological polar surface area (TPSA) is 37.4 Å². The van der Waals surface area contributed by atoms with E-state index in [-0.39, 0.29) is 11.4 Å². The van der Waals surface area contributed by atoms with Crippen LogP contribution in [0, 0.1) is 0 Å². The van der Waals surface area contributed by atoms with E-state index >= 15 is 0 Å². The number of alkyl halides is 1. The maximum Gasteiger partial charge on any atom is 0.211 e. The summed E-state index contributed by atoms with van der Waals surface area (Å²) in [6, 6.07) is 0.127. The highest BCUT2D eigenvalue weighted by Gasteiger charge is 2.31. The van der Waals surface area contributed by atoms with Crippen LogP contribution in [0.2, 0.25) is 0 Å². The number of rotatable bonds is 3. The Labute approximate surface area is 85.1 Å². The Bertz CT molecular complexity index is 263. The highest BCUT2D eigenvalue weighted by atomic mass is 35.5. The van der Waals surface area contributed by atoms with Gasteiger partial charge >= 0.3 is 0 Å². The molecule has 1 aliphatic rings. The molecule has 0 spiro atoms. The first-order chi connectivity index (χ1) is 5.91. The van der Waals surface area contributed by atoms with Crippen LogP contribution in [0.1, 0.15) is 26.2 Å². The van der Waals surface area contributed by atoms with Gasteiger partial charge in [0.15, 0.2) is 0 Å². The Kier molecular flexibility index (Phi) is 3.60. The molecule has 0 aliphatic carbocycles. The van der Waals surface area contributed by atoms with Crippen LogP contribution in [0.15, 0.2) is 0 Å². The summed E-state index contributed by atoms with van der Waals surface area (Å²) in [7, 11) is -3.02. The minimum absolute atomic E-state index is 0.0485. The van der Waals surface area contributed by atoms with E-state index < -0.39 is 10.0 Å². The lowest BCUT2D eigenvalue weighted by Gasteiger charge is -2.22. The molecule has 3 nitrogen and oxygen atoms in total. The zero-order valence-corrected chi connectivity index (χ0v) is 9.61. The molecule has 0 amide bonds. The molecule has 13 heavy (non-hydrogen) atoms. The average molecular weight is 226 g/mol. The highest BCUT2D eigenvalue weighted by molar-refractivity contribution is 7.88. The quantitative estimate of drug-likeness (QED) is 0.682. The molecule has 0 aromatic carbocycles. The van der Waals surface area contributed by atoms with Gasteiger partial charge in [0.1, 0.15) is 0 Å². The third-order valence-electron chi connectivity index (χ3n) is 2.35. The lowest BCUT2D eigenvalue weighted by molar-refractivity contribution is 0.372. The van der Waals surface area contributed by atoms with Crippen LogP contribution in [0.25, 0.3) is 0 Å². The Morgan fingerprint density at radius 3 is 2.69 bits per heavy atom. The summed E-state index contributed by atoms with van der Waals surface area (Å²) in [5.41, 5.74) is 0. The van der Waals surface area contributed by atoms with Gasteiger partial charge in [-0.3, -0.25) is 0 Å². The Morgan fingerprint density at radius 1 is 1.62 bits per heavy atom. The molecule has 0 aromatic rings. The van der Waals surface area contributed by atoms with E-state index in [1.54, 1.807) is 4.31 Å². The van der Waals surface area contributed by atoms with E-state index in [1.165, 1.54) is 6.26 Å². The first-order valence-corrected chi connectivity index (χ1v) is 6.80. The average Bonchev–Trinajstić information content (AvgIpc) is 2.31. The van der Waals surface area contributed by atoms with Crippen LogP contribution in [0.5, 0.6) is 0 Å². The van der Waals surface area contributed by atoms with Crippen molar-refractivity contribution >= 4 is 21.6 Å². The minimum atomic E-state index is -3.02. The van der Waals surface area contributed by atoms with Crippen molar-refractivity contribution < 1.29 is 8.42 Å². The van der Waals surface area contributed by atoms with Gasteiger partial charge in [0.05, 0.1) is 6.26 Å². The van der Waals surface area contributed by atoms with Crippen molar-refractivity contribution in [3.8, 4) is 0 Å². The fourth-order valence-corrected chi connectivity index (χ4v) is 3.26. The predicted octanol–water partition coefficient (Wildman–Crippen LogP) is 1.43. The summed E-state index contributed by atoms with van der Waals surface area (Å²) in [6.45, 7) is 2.56. The zero-order valence-electron chi connectivity index (χ0n) is 8.03. The van der Waals surface area contributed by atoms with Crippen LogP contribution >= 0.6 is 11.6 Å². The Hall–Kier alpha value is 0.200. The summed E-state index contributed by atoms with van der Waals surface area (Å²) in [4.78, 5) is 0. The van der Waals surface area contributed by atoms with Crippen LogP contribution in [0.3, 0.4) is 0 Å². The van der Waals surface area contributed by atoms with Gasteiger partial charge < -0.3 is 0 Å². The van der Waals surface area contributed by atoms with Gasteiger partial charge in [-0.05, 0) is 26.2 Å². The van der Waals surface area contributed by atoms with Crippen LogP contribution < -0.4 is 0 Å². The molecule has 2 atom stereocenters. The van der Waals surface area contributed by atoms with Crippen molar-refractivity contribution in [1.82, 2.24) is 4.31 Å². The highest BCUT2D eigenvalue weighted by Crippen LogP contribution is 2.25. The molecule has 1 rings (SSSR count). The van der Waals surface area contributed by atoms with Crippen molar-refractivity contribution in [2.24, 2.45) is 0 Å². The summed E-state index contributed by atoms with van der Waals surface area (Å²) in [5, 5.41) is 0.0485. The molecule has 5 heteroatoms. The van der Waals surface area contributed by atoms with E-state index in [4.69, 9.17) is 11.6 Å². The van der Waals surface area contributed by atoms with E-state index in [1.807, 2.05) is 6.92 Å². The number of hydrogen-bond donors (Lipinski definition) is 0. The molecule has 0 N–H and O–H groups in total. The van der Waals surface area contributed by atoms with E-state index in [9.17, 15) is 8.42 Å². The van der Waals surface area contributed by atoms with Crippen LogP contribution in [0.4, 0.5) is 0 Å². The summed E-state index contributed by atoms with van der Waals surface area (Å²) >= 11 is 5.85. The standard InChI is InChI=1S/C8H16ClNO2S/c1-7(9)6-8-4-3-5-10(8)13(2,11)12/h7-8H,3-6H2,1-2H3. The van der Waals surface area contributed by atoms with Gasteiger partial charge in [0.25, 0.3) is 0 Å². The second-order valence-electron chi connectivity index (χ2n) is 3.69. The number of nitrogens with zero attached hydrogens (tertiary/aromatic N) is 1. The lowest BCUT2D eigenvalue weighted by Crippen LogP contribution is -2.35. The second kappa shape index (κ2) is 4.15. The van der Waals surface area contributed by atoms with Gasteiger partial charge in [-0.25, -0.2) is 8.42 Å². The number of hydrogen-bond acceptors (Lipinski definition) is 2. The van der Waals surface area contributed by atoms with Crippen molar-refractivity contribution in [1.29, 1.82) is 0 Å². The Morgan fingerprint density at radius 2 is 2.23 bits per heavy atom. The number of halogens is 1. The summed E-state index contributed by atoms with van der Waals surface area (Å²) in [6.07, 6.45) is 3.93. The molecule has 0 radical (unpaired) electrons. The molecular weight excluding hydrogens is 210 g/mol. The smallest absolute Gasteiger partial charge is 0.211 e. The first kappa shape index (κ1) is 11.3. The van der Waals surface area contributed by atoms with E-state index in [0.717, 1.165) is 19.3 Å². The second-order valence-corrected chi connectivity index (χ2v) is 6.37. The minimum Gasteiger partial charge on any atom is -0.212 e. The molecule has 1 saturated heterocycles. The van der Waals surface area contributed by atoms with Gasteiger partial charge in [-0.15, -0.1) is 11.6 Å². The molecule has 2 unspecified atom stereocenters. The molecule has 1 aliphatic heterocycles. The van der Waals surface area contributed by atoms with Crippen molar-refractivity contribution in [3.05, 3.63) is 0 Å². The zero-order chi connectivity index (χ0) is 10.1. The van der Waals surface area contributed by atoms with Gasteiger partial charge in [0, 0.05) is 18.0 Å². The number of sulfonamides is 1. The molecule has 78 valence electrons. The third-order valence-corrected chi connectivity index (χ3v) is 3.86. The van der Waals surface area contributed by atoms with Gasteiger partial charge in [0.2, 0.25) is 10.0 Å². The maximum atomic E-state index is 11.3. The molecule has 1 heterocycles. The van der Waals surface area contributed by atoms with Crippen LogP contribution in [-0.4, -0.2) is 36.9 Å². The van der Waals surface area contributed by atoms with Crippen molar-refractivity contribution in [2.45, 2.75) is 37.6 Å². The van der Waals surface area contributed by atoms with E-state index in [2.05, 4.69) is 0 Å². The predicted molar refractivity (Wildman–Crippen MR) is 54.5 cm³/mol. The normalized spacial score (nSPS) is 27.8. The molecule has 1 fully saturated rings. The maximum absolute atomic E-state index is 11.3. The summed E-state index contributed by atoms with van der Waals surface area (Å²) < 4.78 is 24.2. The SMILES string of the molecule is CC(Cl)CC1CCCN1S(C)(=O)=O. The van der Waals surface area contributed by atoms with Crippen molar-refractivity contribution in [2.75, 3.05) is 12.8 Å². The summed E-state index contributed by atoms with van der Waals surface area (Å²) in [5.74, 6) is 0. The Balaban J connectivity index is 2.65. The van der Waals surface area contributed by atoms with Crippen molar-refractivity contribution in [3.63, 3.8) is 0 Å². The fraction of sp³-hybridized carbons (Fsp3) is 1.00. The fourth-order valence-electron chi connectivity index (χ4n) is 1.86. The van der Waals surface area contributed by atoms with Gasteiger partial charge in [-0.2, -0.15) is 4.31 Å². The molecule has 0 bridgehead atoms. The largest absolute Gasteiger partial charge is 0.212 e. The molecular formula is C8H16ClNO2S. The van der Waals surface area contributed by atoms with E-state index in [0.29, 0.717) is 6.54 Å².